The standard InChI is InChI=1S/C18H12BrF2N5O/c1-10-17(24-25-26(10)13-4-2-3-11(19)7-13)18(27)23-16(9-22)14-6-5-12(20)8-15(14)21/h2-8,16H,1H3,(H,23,27). The second-order valence-corrected chi connectivity index (χ2v) is 6.53. The molecule has 0 fully saturated rings. The van der Waals surface area contributed by atoms with Crippen LogP contribution in [0.3, 0.4) is 0 Å². The average molecular weight is 432 g/mol. The van der Waals surface area contributed by atoms with E-state index < -0.39 is 23.6 Å². The highest BCUT2D eigenvalue weighted by Gasteiger charge is 2.23. The Labute approximate surface area is 161 Å². The van der Waals surface area contributed by atoms with Gasteiger partial charge in [-0.05, 0) is 31.2 Å². The fraction of sp³-hybridized carbons (Fsp3) is 0.111. The molecular weight excluding hydrogens is 420 g/mol. The quantitative estimate of drug-likeness (QED) is 0.683. The van der Waals surface area contributed by atoms with Gasteiger partial charge in [-0.3, -0.25) is 4.79 Å². The van der Waals surface area contributed by atoms with Gasteiger partial charge in [0.2, 0.25) is 0 Å². The summed E-state index contributed by atoms with van der Waals surface area (Å²) in [5.74, 6) is -2.38. The van der Waals surface area contributed by atoms with Gasteiger partial charge < -0.3 is 5.32 Å². The molecule has 1 heterocycles. The maximum atomic E-state index is 13.9. The number of rotatable bonds is 4. The van der Waals surface area contributed by atoms with E-state index in [0.717, 1.165) is 16.6 Å². The number of halogens is 3. The second kappa shape index (κ2) is 7.63. The van der Waals surface area contributed by atoms with Crippen LogP contribution in [0.4, 0.5) is 8.78 Å². The molecule has 0 saturated heterocycles. The number of aromatic nitrogens is 3. The summed E-state index contributed by atoms with van der Waals surface area (Å²) in [5.41, 5.74) is 0.999. The number of hydrogen-bond donors (Lipinski definition) is 1. The number of benzene rings is 2. The summed E-state index contributed by atoms with van der Waals surface area (Å²) in [4.78, 5) is 12.5. The van der Waals surface area contributed by atoms with E-state index >= 15 is 0 Å². The first kappa shape index (κ1) is 18.7. The molecule has 1 amide bonds. The van der Waals surface area contributed by atoms with Gasteiger partial charge >= 0.3 is 0 Å². The van der Waals surface area contributed by atoms with E-state index in [9.17, 15) is 18.8 Å². The Morgan fingerprint density at radius 3 is 2.74 bits per heavy atom. The Bertz CT molecular complexity index is 1060. The summed E-state index contributed by atoms with van der Waals surface area (Å²) in [6, 6.07) is 10.5. The van der Waals surface area contributed by atoms with Crippen molar-refractivity contribution in [2.45, 2.75) is 13.0 Å². The van der Waals surface area contributed by atoms with Crippen LogP contribution in [0.25, 0.3) is 5.69 Å². The van der Waals surface area contributed by atoms with Gasteiger partial charge in [0.1, 0.15) is 17.7 Å². The molecule has 2 aromatic carbocycles. The third-order valence-electron chi connectivity index (χ3n) is 3.84. The zero-order chi connectivity index (χ0) is 19.6. The van der Waals surface area contributed by atoms with Crippen LogP contribution in [0.15, 0.2) is 46.9 Å². The molecule has 0 bridgehead atoms. The predicted molar refractivity (Wildman–Crippen MR) is 96.0 cm³/mol. The van der Waals surface area contributed by atoms with Gasteiger partial charge in [0.25, 0.3) is 5.91 Å². The Balaban J connectivity index is 1.87. The number of amides is 1. The minimum Gasteiger partial charge on any atom is -0.331 e. The minimum atomic E-state index is -1.30. The fourth-order valence-corrected chi connectivity index (χ4v) is 2.89. The van der Waals surface area contributed by atoms with Crippen molar-refractivity contribution >= 4 is 21.8 Å². The molecule has 1 unspecified atom stereocenters. The summed E-state index contributed by atoms with van der Waals surface area (Å²) in [6.07, 6.45) is 0. The molecule has 136 valence electrons. The van der Waals surface area contributed by atoms with Crippen LogP contribution in [-0.2, 0) is 0 Å². The zero-order valence-electron chi connectivity index (χ0n) is 13.9. The van der Waals surface area contributed by atoms with E-state index in [1.807, 2.05) is 12.1 Å². The summed E-state index contributed by atoms with van der Waals surface area (Å²) in [6.45, 7) is 1.65. The lowest BCUT2D eigenvalue weighted by Crippen LogP contribution is -2.29. The van der Waals surface area contributed by atoms with Gasteiger partial charge in [0, 0.05) is 16.1 Å². The smallest absolute Gasteiger partial charge is 0.275 e. The predicted octanol–water partition coefficient (Wildman–Crippen LogP) is 3.61. The number of carbonyl (C=O) groups is 1. The van der Waals surface area contributed by atoms with E-state index in [1.54, 1.807) is 25.1 Å². The molecular formula is C18H12BrF2N5O. The molecule has 0 radical (unpaired) electrons. The first-order chi connectivity index (χ1) is 12.9. The molecule has 1 atom stereocenters. The fourth-order valence-electron chi connectivity index (χ4n) is 2.51. The number of nitrogens with one attached hydrogen (secondary N) is 1. The van der Waals surface area contributed by atoms with Crippen molar-refractivity contribution in [3.8, 4) is 11.8 Å². The number of nitrogens with zero attached hydrogens (tertiary/aromatic N) is 4. The van der Waals surface area contributed by atoms with Crippen LogP contribution >= 0.6 is 15.9 Å². The molecule has 1 aromatic heterocycles. The van der Waals surface area contributed by atoms with Crippen molar-refractivity contribution in [2.75, 3.05) is 0 Å². The Morgan fingerprint density at radius 2 is 2.07 bits per heavy atom. The van der Waals surface area contributed by atoms with Crippen molar-refractivity contribution in [1.29, 1.82) is 5.26 Å². The van der Waals surface area contributed by atoms with Crippen LogP contribution in [0, 0.1) is 29.9 Å². The van der Waals surface area contributed by atoms with Crippen molar-refractivity contribution in [3.05, 3.63) is 75.5 Å². The van der Waals surface area contributed by atoms with E-state index in [0.29, 0.717) is 17.4 Å². The molecule has 0 aliphatic carbocycles. The molecule has 1 N–H and O–H groups in total. The molecule has 6 nitrogen and oxygen atoms in total. The number of carbonyl (C=O) groups excluding carboxylic acids is 1. The van der Waals surface area contributed by atoms with E-state index in [1.165, 1.54) is 4.68 Å². The SMILES string of the molecule is Cc1c(C(=O)NC(C#N)c2ccc(F)cc2F)nnn1-c1cccc(Br)c1. The summed E-state index contributed by atoms with van der Waals surface area (Å²) < 4.78 is 29.3. The first-order valence-corrected chi connectivity index (χ1v) is 8.53. The maximum Gasteiger partial charge on any atom is 0.275 e. The second-order valence-electron chi connectivity index (χ2n) is 5.62. The molecule has 9 heteroatoms. The highest BCUT2D eigenvalue weighted by molar-refractivity contribution is 9.10. The highest BCUT2D eigenvalue weighted by Crippen LogP contribution is 2.20. The number of hydrogen-bond acceptors (Lipinski definition) is 4. The van der Waals surface area contributed by atoms with Crippen molar-refractivity contribution in [2.24, 2.45) is 0 Å². The lowest BCUT2D eigenvalue weighted by Gasteiger charge is -2.12. The van der Waals surface area contributed by atoms with Gasteiger partial charge in [-0.15, -0.1) is 5.10 Å². The molecule has 0 saturated carbocycles. The summed E-state index contributed by atoms with van der Waals surface area (Å²) >= 11 is 3.36. The van der Waals surface area contributed by atoms with Gasteiger partial charge in [-0.1, -0.05) is 33.3 Å². The lowest BCUT2D eigenvalue weighted by atomic mass is 10.1. The third-order valence-corrected chi connectivity index (χ3v) is 4.33. The summed E-state index contributed by atoms with van der Waals surface area (Å²) in [7, 11) is 0. The maximum absolute atomic E-state index is 13.9. The zero-order valence-corrected chi connectivity index (χ0v) is 15.5. The molecule has 0 aliphatic rings. The normalized spacial score (nSPS) is 11.7. The van der Waals surface area contributed by atoms with Crippen molar-refractivity contribution in [1.82, 2.24) is 20.3 Å². The molecule has 3 aromatic rings. The van der Waals surface area contributed by atoms with Crippen molar-refractivity contribution < 1.29 is 13.6 Å². The van der Waals surface area contributed by atoms with Crippen LogP contribution in [0.5, 0.6) is 0 Å². The van der Waals surface area contributed by atoms with Gasteiger partial charge in [-0.25, -0.2) is 13.5 Å². The first-order valence-electron chi connectivity index (χ1n) is 7.74. The van der Waals surface area contributed by atoms with Crippen LogP contribution in [-0.4, -0.2) is 20.9 Å². The van der Waals surface area contributed by atoms with Crippen molar-refractivity contribution in [3.63, 3.8) is 0 Å². The highest BCUT2D eigenvalue weighted by atomic mass is 79.9. The molecule has 3 rings (SSSR count). The van der Waals surface area contributed by atoms with Crippen LogP contribution < -0.4 is 5.32 Å². The van der Waals surface area contributed by atoms with Gasteiger partial charge in [-0.2, -0.15) is 5.26 Å². The van der Waals surface area contributed by atoms with E-state index in [2.05, 4.69) is 31.6 Å². The topological polar surface area (TPSA) is 83.6 Å². The molecule has 0 spiro atoms. The third kappa shape index (κ3) is 3.85. The average Bonchev–Trinajstić information content (AvgIpc) is 3.01. The van der Waals surface area contributed by atoms with E-state index in [-0.39, 0.29) is 11.3 Å². The Kier molecular flexibility index (Phi) is 5.28. The molecule has 27 heavy (non-hydrogen) atoms. The Morgan fingerprint density at radius 1 is 1.30 bits per heavy atom. The van der Waals surface area contributed by atoms with E-state index in [4.69, 9.17) is 0 Å². The minimum absolute atomic E-state index is 0.00209. The summed E-state index contributed by atoms with van der Waals surface area (Å²) in [5, 5.41) is 19.5. The monoisotopic (exact) mass is 431 g/mol. The number of nitriles is 1. The van der Waals surface area contributed by atoms with Crippen LogP contribution in [0.2, 0.25) is 0 Å². The van der Waals surface area contributed by atoms with Gasteiger partial charge in [0.05, 0.1) is 17.5 Å². The molecule has 0 aliphatic heterocycles. The Hall–Kier alpha value is -3.12. The largest absolute Gasteiger partial charge is 0.331 e. The van der Waals surface area contributed by atoms with Crippen LogP contribution in [0.1, 0.15) is 27.8 Å². The lowest BCUT2D eigenvalue weighted by molar-refractivity contribution is 0.0939. The van der Waals surface area contributed by atoms with Gasteiger partial charge in [0.15, 0.2) is 5.69 Å².